The molecule has 0 aliphatic heterocycles. The maximum atomic E-state index is 5.37. The zero-order valence-corrected chi connectivity index (χ0v) is 20.2. The molecule has 0 spiro atoms. The van der Waals surface area contributed by atoms with Gasteiger partial charge in [-0.1, -0.05) is 18.5 Å². The number of aliphatic imine (C=N–C) groups is 1. The Morgan fingerprint density at radius 2 is 1.93 bits per heavy atom. The number of aryl methyl sites for hydroxylation is 1. The summed E-state index contributed by atoms with van der Waals surface area (Å²) in [6, 6.07) is 8.07. The molecule has 162 valence electrons. The van der Waals surface area contributed by atoms with Crippen molar-refractivity contribution in [1.82, 2.24) is 20.8 Å². The number of unbranched alkanes of at least 4 members (excludes halogenated alkanes) is 2. The number of halogens is 1. The Labute approximate surface area is 191 Å². The minimum Gasteiger partial charge on any atom is -0.497 e. The maximum absolute atomic E-state index is 5.37. The predicted molar refractivity (Wildman–Crippen MR) is 128 cm³/mol. The molecule has 2 N–H and O–H groups in total. The summed E-state index contributed by atoms with van der Waals surface area (Å²) < 4.78 is 10.5. The molecular formula is C21H34IN5O2. The molecular weight excluding hydrogens is 481 g/mol. The Morgan fingerprint density at radius 1 is 1.17 bits per heavy atom. The van der Waals surface area contributed by atoms with Crippen LogP contribution in [0.15, 0.2) is 33.8 Å². The van der Waals surface area contributed by atoms with Gasteiger partial charge in [-0.25, -0.2) is 0 Å². The SMILES string of the molecule is CCNC(=NCCCCCc1nc(-c2ccc(OC)cc2)no1)NC(C)CC.I. The second-order valence-electron chi connectivity index (χ2n) is 6.77. The van der Waals surface area contributed by atoms with Crippen molar-refractivity contribution in [2.24, 2.45) is 4.99 Å². The summed E-state index contributed by atoms with van der Waals surface area (Å²) in [5.41, 5.74) is 0.926. The highest BCUT2D eigenvalue weighted by atomic mass is 127. The average Bonchev–Trinajstić information content (AvgIpc) is 3.19. The number of rotatable bonds is 11. The maximum Gasteiger partial charge on any atom is 0.226 e. The summed E-state index contributed by atoms with van der Waals surface area (Å²) in [6.07, 6.45) is 4.99. The Balaban J connectivity index is 0.00000420. The lowest BCUT2D eigenvalue weighted by molar-refractivity contribution is 0.374. The van der Waals surface area contributed by atoms with E-state index >= 15 is 0 Å². The van der Waals surface area contributed by atoms with Gasteiger partial charge in [0.05, 0.1) is 7.11 Å². The van der Waals surface area contributed by atoms with E-state index < -0.39 is 0 Å². The fourth-order valence-corrected chi connectivity index (χ4v) is 2.62. The molecule has 1 aromatic heterocycles. The normalized spacial score (nSPS) is 12.2. The molecule has 8 heteroatoms. The molecule has 29 heavy (non-hydrogen) atoms. The van der Waals surface area contributed by atoms with Crippen molar-refractivity contribution in [1.29, 1.82) is 0 Å². The van der Waals surface area contributed by atoms with Gasteiger partial charge in [-0.05, 0) is 57.4 Å². The van der Waals surface area contributed by atoms with Crippen LogP contribution in [-0.2, 0) is 6.42 Å². The third-order valence-electron chi connectivity index (χ3n) is 4.47. The van der Waals surface area contributed by atoms with E-state index in [1.165, 1.54) is 0 Å². The van der Waals surface area contributed by atoms with Gasteiger partial charge in [0.15, 0.2) is 5.96 Å². The molecule has 1 heterocycles. The molecule has 2 aromatic rings. The number of ether oxygens (including phenoxy) is 1. The van der Waals surface area contributed by atoms with Gasteiger partial charge in [0.2, 0.25) is 11.7 Å². The Kier molecular flexibility index (Phi) is 12.3. The van der Waals surface area contributed by atoms with Crippen LogP contribution in [0.1, 0.15) is 52.3 Å². The zero-order valence-electron chi connectivity index (χ0n) is 17.9. The number of aromatic nitrogens is 2. The third-order valence-corrected chi connectivity index (χ3v) is 4.47. The summed E-state index contributed by atoms with van der Waals surface area (Å²) in [5.74, 6) is 3.01. The van der Waals surface area contributed by atoms with Gasteiger partial charge >= 0.3 is 0 Å². The summed E-state index contributed by atoms with van der Waals surface area (Å²) in [4.78, 5) is 9.12. The summed E-state index contributed by atoms with van der Waals surface area (Å²) in [5, 5.41) is 10.8. The monoisotopic (exact) mass is 515 g/mol. The van der Waals surface area contributed by atoms with Crippen LogP contribution in [0, 0.1) is 0 Å². The highest BCUT2D eigenvalue weighted by Gasteiger charge is 2.08. The van der Waals surface area contributed by atoms with Gasteiger partial charge in [-0.15, -0.1) is 24.0 Å². The molecule has 0 fully saturated rings. The molecule has 0 saturated heterocycles. The lowest BCUT2D eigenvalue weighted by Crippen LogP contribution is -2.42. The van der Waals surface area contributed by atoms with Gasteiger partial charge < -0.3 is 19.9 Å². The molecule has 1 atom stereocenters. The lowest BCUT2D eigenvalue weighted by atomic mass is 10.2. The largest absolute Gasteiger partial charge is 0.497 e. The second-order valence-corrected chi connectivity index (χ2v) is 6.77. The van der Waals surface area contributed by atoms with E-state index in [1.807, 2.05) is 24.3 Å². The molecule has 7 nitrogen and oxygen atoms in total. The molecule has 2 rings (SSSR count). The van der Waals surface area contributed by atoms with Crippen LogP contribution in [0.25, 0.3) is 11.4 Å². The van der Waals surface area contributed by atoms with E-state index in [2.05, 4.69) is 46.5 Å². The smallest absolute Gasteiger partial charge is 0.226 e. The van der Waals surface area contributed by atoms with Gasteiger partial charge in [0.25, 0.3) is 0 Å². The molecule has 0 radical (unpaired) electrons. The molecule has 1 unspecified atom stereocenters. The molecule has 0 amide bonds. The second kappa shape index (κ2) is 14.2. The van der Waals surface area contributed by atoms with E-state index in [-0.39, 0.29) is 24.0 Å². The summed E-state index contributed by atoms with van der Waals surface area (Å²) in [7, 11) is 1.65. The number of guanidine groups is 1. The highest BCUT2D eigenvalue weighted by molar-refractivity contribution is 14.0. The Hall–Kier alpha value is -1.84. The van der Waals surface area contributed by atoms with Crippen molar-refractivity contribution in [3.8, 4) is 17.1 Å². The first-order chi connectivity index (χ1) is 13.7. The fraction of sp³-hybridized carbons (Fsp3) is 0.571. The summed E-state index contributed by atoms with van der Waals surface area (Å²) in [6.45, 7) is 8.09. The fourth-order valence-electron chi connectivity index (χ4n) is 2.62. The quantitative estimate of drug-likeness (QED) is 0.199. The predicted octanol–water partition coefficient (Wildman–Crippen LogP) is 4.43. The van der Waals surface area contributed by atoms with Crippen molar-refractivity contribution in [2.75, 3.05) is 20.2 Å². The van der Waals surface area contributed by atoms with Crippen LogP contribution >= 0.6 is 24.0 Å². The number of nitrogens with one attached hydrogen (secondary N) is 2. The van der Waals surface area contributed by atoms with Crippen LogP contribution in [0.2, 0.25) is 0 Å². The van der Waals surface area contributed by atoms with Gasteiger partial charge in [0, 0.05) is 31.1 Å². The first-order valence-electron chi connectivity index (χ1n) is 10.2. The number of benzene rings is 1. The van der Waals surface area contributed by atoms with Crippen LogP contribution in [-0.4, -0.2) is 42.3 Å². The molecule has 0 aliphatic rings. The topological polar surface area (TPSA) is 84.6 Å². The number of hydrogen-bond donors (Lipinski definition) is 2. The van der Waals surface area contributed by atoms with Gasteiger partial charge in [0.1, 0.15) is 5.75 Å². The van der Waals surface area contributed by atoms with Crippen LogP contribution in [0.3, 0.4) is 0 Å². The number of hydrogen-bond acceptors (Lipinski definition) is 5. The van der Waals surface area contributed by atoms with Crippen LogP contribution < -0.4 is 15.4 Å². The van der Waals surface area contributed by atoms with Crippen LogP contribution in [0.4, 0.5) is 0 Å². The Bertz CT molecular complexity index is 718. The average molecular weight is 515 g/mol. The molecule has 1 aromatic carbocycles. The first-order valence-corrected chi connectivity index (χ1v) is 10.2. The lowest BCUT2D eigenvalue weighted by Gasteiger charge is -2.16. The Morgan fingerprint density at radius 3 is 2.59 bits per heavy atom. The molecule has 0 aliphatic carbocycles. The van der Waals surface area contributed by atoms with Crippen molar-refractivity contribution >= 4 is 29.9 Å². The van der Waals surface area contributed by atoms with Crippen molar-refractivity contribution in [3.05, 3.63) is 30.2 Å². The van der Waals surface area contributed by atoms with E-state index in [0.717, 1.165) is 62.5 Å². The van der Waals surface area contributed by atoms with E-state index in [9.17, 15) is 0 Å². The number of nitrogens with zero attached hydrogens (tertiary/aromatic N) is 3. The number of methoxy groups -OCH3 is 1. The first kappa shape index (κ1) is 25.2. The standard InChI is InChI=1S/C21H33N5O2.HI/c1-5-16(3)24-21(22-6-2)23-15-9-7-8-10-19-25-20(26-28-19)17-11-13-18(27-4)14-12-17;/h11-14,16H,5-10,15H2,1-4H3,(H2,22,23,24);1H. The van der Waals surface area contributed by atoms with Crippen molar-refractivity contribution in [2.45, 2.75) is 58.9 Å². The highest BCUT2D eigenvalue weighted by Crippen LogP contribution is 2.20. The van der Waals surface area contributed by atoms with Crippen molar-refractivity contribution < 1.29 is 9.26 Å². The minimum atomic E-state index is 0. The van der Waals surface area contributed by atoms with E-state index in [0.29, 0.717) is 17.8 Å². The van der Waals surface area contributed by atoms with Crippen LogP contribution in [0.5, 0.6) is 5.75 Å². The van der Waals surface area contributed by atoms with E-state index in [1.54, 1.807) is 7.11 Å². The zero-order chi connectivity index (χ0) is 20.2. The minimum absolute atomic E-state index is 0. The van der Waals surface area contributed by atoms with E-state index in [4.69, 9.17) is 9.26 Å². The molecule has 0 bridgehead atoms. The van der Waals surface area contributed by atoms with Gasteiger partial charge in [-0.2, -0.15) is 4.98 Å². The van der Waals surface area contributed by atoms with Gasteiger partial charge in [-0.3, -0.25) is 4.99 Å². The van der Waals surface area contributed by atoms with Crippen molar-refractivity contribution in [3.63, 3.8) is 0 Å². The summed E-state index contributed by atoms with van der Waals surface area (Å²) >= 11 is 0. The molecule has 0 saturated carbocycles. The third kappa shape index (κ3) is 9.01.